The highest BCUT2D eigenvalue weighted by Crippen LogP contribution is 2.22. The van der Waals surface area contributed by atoms with Gasteiger partial charge < -0.3 is 4.74 Å². The Labute approximate surface area is 85.6 Å². The first kappa shape index (κ1) is 14.3. The quantitative estimate of drug-likeness (QED) is 0.628. The molecule has 0 rings (SSSR count). The van der Waals surface area contributed by atoms with Gasteiger partial charge in [-0.25, -0.2) is 8.78 Å². The van der Waals surface area contributed by atoms with E-state index in [1.807, 2.05) is 0 Å². The molecule has 0 heterocycles. The van der Waals surface area contributed by atoms with Gasteiger partial charge in [-0.15, -0.1) is 0 Å². The molecule has 1 atom stereocenters. The number of rotatable bonds is 7. The van der Waals surface area contributed by atoms with E-state index in [1.165, 1.54) is 0 Å². The molecule has 0 fully saturated rings. The van der Waals surface area contributed by atoms with E-state index < -0.39 is 25.6 Å². The highest BCUT2D eigenvalue weighted by Gasteiger charge is 2.41. The summed E-state index contributed by atoms with van der Waals surface area (Å²) in [6.45, 7) is 1.41. The Morgan fingerprint density at radius 3 is 2.33 bits per heavy atom. The number of carbonyl (C=O) groups excluding carboxylic acids is 1. The number of hydrogen-bond acceptors (Lipinski definition) is 2. The third-order valence-electron chi connectivity index (χ3n) is 2.02. The average Bonchev–Trinajstić information content (AvgIpc) is 2.15. The maximum atomic E-state index is 12.3. The summed E-state index contributed by atoms with van der Waals surface area (Å²) in [6.07, 6.45) is -3.20. The van der Waals surface area contributed by atoms with Crippen LogP contribution in [-0.2, 0) is 9.53 Å². The Morgan fingerprint density at radius 2 is 1.93 bits per heavy atom. The fraction of sp³-hybridized carbons (Fsp3) is 0.889. The molecule has 0 N–H and O–H groups in total. The molecule has 15 heavy (non-hydrogen) atoms. The molecule has 0 aromatic heterocycles. The predicted octanol–water partition coefficient (Wildman–Crippen LogP) is 2.52. The third kappa shape index (κ3) is 5.11. The molecular weight excluding hydrogens is 216 g/mol. The van der Waals surface area contributed by atoms with Gasteiger partial charge in [0.15, 0.2) is 5.78 Å². The second-order valence-corrected chi connectivity index (χ2v) is 3.33. The van der Waals surface area contributed by atoms with Gasteiger partial charge in [0, 0.05) is 5.92 Å². The van der Waals surface area contributed by atoms with Gasteiger partial charge in [-0.3, -0.25) is 4.79 Å². The number of hydrogen-bond donors (Lipinski definition) is 0. The van der Waals surface area contributed by atoms with Crippen LogP contribution in [0.25, 0.3) is 0 Å². The van der Waals surface area contributed by atoms with Crippen molar-refractivity contribution in [2.75, 3.05) is 13.2 Å². The van der Waals surface area contributed by atoms with Gasteiger partial charge in [-0.1, -0.05) is 13.8 Å². The summed E-state index contributed by atoms with van der Waals surface area (Å²) >= 11 is 0. The molecular formula is C9H14F4O2. The average molecular weight is 230 g/mol. The highest BCUT2D eigenvalue weighted by atomic mass is 19.3. The van der Waals surface area contributed by atoms with Crippen LogP contribution in [0.15, 0.2) is 0 Å². The topological polar surface area (TPSA) is 26.3 Å². The summed E-state index contributed by atoms with van der Waals surface area (Å²) in [5.74, 6) is -4.84. The van der Waals surface area contributed by atoms with E-state index in [4.69, 9.17) is 0 Å². The zero-order valence-electron chi connectivity index (χ0n) is 8.60. The van der Waals surface area contributed by atoms with Crippen LogP contribution in [0.1, 0.15) is 20.3 Å². The first-order chi connectivity index (χ1) is 6.81. The highest BCUT2D eigenvalue weighted by molar-refractivity contribution is 5.81. The number of halogens is 4. The molecule has 0 aromatic rings. The Hall–Kier alpha value is -0.650. The van der Waals surface area contributed by atoms with Gasteiger partial charge in [-0.05, 0) is 6.42 Å². The molecule has 0 aliphatic rings. The van der Waals surface area contributed by atoms with Gasteiger partial charge >= 0.3 is 12.3 Å². The van der Waals surface area contributed by atoms with Crippen molar-refractivity contribution in [1.82, 2.24) is 0 Å². The molecule has 0 aliphatic carbocycles. The molecule has 0 bridgehead atoms. The maximum Gasteiger partial charge on any atom is 0.330 e. The van der Waals surface area contributed by atoms with E-state index in [9.17, 15) is 22.4 Å². The minimum absolute atomic E-state index is 0.301. The van der Waals surface area contributed by atoms with Crippen LogP contribution in [0.2, 0.25) is 0 Å². The first-order valence-corrected chi connectivity index (χ1v) is 4.57. The van der Waals surface area contributed by atoms with E-state index in [0.717, 1.165) is 0 Å². The van der Waals surface area contributed by atoms with Crippen molar-refractivity contribution in [3.05, 3.63) is 0 Å². The first-order valence-electron chi connectivity index (χ1n) is 4.57. The number of Topliss-reactive ketones (excluding diaryl/α,β-unsaturated/α-hetero) is 1. The van der Waals surface area contributed by atoms with E-state index in [1.54, 1.807) is 13.8 Å². The minimum Gasteiger partial charge on any atom is -0.367 e. The van der Waals surface area contributed by atoms with Crippen molar-refractivity contribution in [3.63, 3.8) is 0 Å². The van der Waals surface area contributed by atoms with Gasteiger partial charge in [0.1, 0.15) is 13.2 Å². The summed E-state index contributed by atoms with van der Waals surface area (Å²) in [5, 5.41) is 0. The van der Waals surface area contributed by atoms with Crippen LogP contribution in [0.4, 0.5) is 17.6 Å². The lowest BCUT2D eigenvalue weighted by Crippen LogP contribution is -2.33. The Kier molecular flexibility index (Phi) is 5.79. The van der Waals surface area contributed by atoms with Crippen molar-refractivity contribution >= 4 is 5.78 Å². The second-order valence-electron chi connectivity index (χ2n) is 3.33. The van der Waals surface area contributed by atoms with Crippen molar-refractivity contribution in [2.24, 2.45) is 5.92 Å². The fourth-order valence-electron chi connectivity index (χ4n) is 0.721. The number of ether oxygens (including phenoxy) is 1. The van der Waals surface area contributed by atoms with Gasteiger partial charge in [0.05, 0.1) is 0 Å². The smallest absolute Gasteiger partial charge is 0.330 e. The Balaban J connectivity index is 3.85. The molecule has 0 amide bonds. The number of carbonyl (C=O) groups is 1. The summed E-state index contributed by atoms with van der Waals surface area (Å²) in [4.78, 5) is 11.1. The van der Waals surface area contributed by atoms with Crippen LogP contribution in [0, 0.1) is 5.92 Å². The predicted molar refractivity (Wildman–Crippen MR) is 46.2 cm³/mol. The Morgan fingerprint density at radius 1 is 1.40 bits per heavy atom. The molecule has 2 nitrogen and oxygen atoms in total. The zero-order valence-corrected chi connectivity index (χ0v) is 8.60. The molecule has 0 spiro atoms. The van der Waals surface area contributed by atoms with Crippen LogP contribution >= 0.6 is 0 Å². The molecule has 0 saturated heterocycles. The van der Waals surface area contributed by atoms with Gasteiger partial charge in [0.25, 0.3) is 0 Å². The van der Waals surface area contributed by atoms with E-state index in [0.29, 0.717) is 6.42 Å². The standard InChI is InChI=1S/C9H14F4O2/c1-3-6(2)7(14)4-15-5-9(12,13)8(10)11/h6,8H,3-5H2,1-2H3. The van der Waals surface area contributed by atoms with Gasteiger partial charge in [-0.2, -0.15) is 8.78 Å². The molecule has 0 aromatic carbocycles. The van der Waals surface area contributed by atoms with Crippen molar-refractivity contribution in [3.8, 4) is 0 Å². The summed E-state index contributed by atoms with van der Waals surface area (Å²) in [7, 11) is 0. The molecule has 0 saturated carbocycles. The lowest BCUT2D eigenvalue weighted by atomic mass is 10.1. The zero-order chi connectivity index (χ0) is 12.1. The third-order valence-corrected chi connectivity index (χ3v) is 2.02. The van der Waals surface area contributed by atoms with Gasteiger partial charge in [0.2, 0.25) is 0 Å². The summed E-state index contributed by atoms with van der Waals surface area (Å²) in [6, 6.07) is 0. The van der Waals surface area contributed by atoms with E-state index in [-0.39, 0.29) is 11.7 Å². The lowest BCUT2D eigenvalue weighted by Gasteiger charge is -2.15. The number of alkyl halides is 4. The largest absolute Gasteiger partial charge is 0.367 e. The summed E-state index contributed by atoms with van der Waals surface area (Å²) in [5.41, 5.74) is 0. The van der Waals surface area contributed by atoms with Crippen molar-refractivity contribution in [1.29, 1.82) is 0 Å². The molecule has 6 heteroatoms. The van der Waals surface area contributed by atoms with E-state index >= 15 is 0 Å². The van der Waals surface area contributed by atoms with Crippen LogP contribution < -0.4 is 0 Å². The maximum absolute atomic E-state index is 12.3. The van der Waals surface area contributed by atoms with Crippen molar-refractivity contribution < 1.29 is 27.1 Å². The SMILES string of the molecule is CCC(C)C(=O)COCC(F)(F)C(F)F. The number of ketones is 1. The molecule has 0 aliphatic heterocycles. The molecule has 1 unspecified atom stereocenters. The van der Waals surface area contributed by atoms with Crippen LogP contribution in [0.3, 0.4) is 0 Å². The Bertz CT molecular complexity index is 206. The van der Waals surface area contributed by atoms with E-state index in [2.05, 4.69) is 4.74 Å². The monoisotopic (exact) mass is 230 g/mol. The summed E-state index contributed by atoms with van der Waals surface area (Å²) < 4.78 is 52.1. The van der Waals surface area contributed by atoms with Crippen molar-refractivity contribution in [2.45, 2.75) is 32.6 Å². The normalized spacial score (nSPS) is 14.3. The minimum atomic E-state index is -4.18. The lowest BCUT2D eigenvalue weighted by molar-refractivity contribution is -0.168. The molecule has 90 valence electrons. The van der Waals surface area contributed by atoms with Crippen LogP contribution in [-0.4, -0.2) is 31.3 Å². The second kappa shape index (κ2) is 6.05. The fourth-order valence-corrected chi connectivity index (χ4v) is 0.721. The van der Waals surface area contributed by atoms with Crippen LogP contribution in [0.5, 0.6) is 0 Å². The molecule has 0 radical (unpaired) electrons.